The highest BCUT2D eigenvalue weighted by Crippen LogP contribution is 2.38. The molecule has 0 aliphatic carbocycles. The maximum atomic E-state index is 12.9. The van der Waals surface area contributed by atoms with E-state index in [1.807, 2.05) is 0 Å². The molecule has 3 aromatic carbocycles. The molecule has 0 radical (unpaired) electrons. The number of carbonyl (C=O) groups is 2. The van der Waals surface area contributed by atoms with E-state index < -0.39 is 11.9 Å². The molecule has 1 N–H and O–H groups in total. The molecule has 10 heteroatoms. The number of esters is 1. The van der Waals surface area contributed by atoms with Gasteiger partial charge in [0.1, 0.15) is 11.5 Å². The van der Waals surface area contributed by atoms with Gasteiger partial charge in [-0.25, -0.2) is 10.2 Å². The van der Waals surface area contributed by atoms with Crippen molar-refractivity contribution in [1.29, 1.82) is 0 Å². The Bertz CT molecular complexity index is 1220. The van der Waals surface area contributed by atoms with Crippen LogP contribution < -0.4 is 29.1 Å². The summed E-state index contributed by atoms with van der Waals surface area (Å²) in [6.45, 7) is 0. The second kappa shape index (κ2) is 11.8. The smallest absolute Gasteiger partial charge is 0.343 e. The number of hydrogen-bond acceptors (Lipinski definition) is 8. The van der Waals surface area contributed by atoms with Crippen molar-refractivity contribution < 1.29 is 33.3 Å². The van der Waals surface area contributed by atoms with Crippen LogP contribution in [0.4, 0.5) is 0 Å². The molecule has 1 amide bonds. The lowest BCUT2D eigenvalue weighted by molar-refractivity contribution is 0.0733. The number of hydrazone groups is 1. The van der Waals surface area contributed by atoms with Crippen molar-refractivity contribution in [2.24, 2.45) is 5.10 Å². The topological polar surface area (TPSA) is 105 Å². The van der Waals surface area contributed by atoms with Gasteiger partial charge < -0.3 is 23.7 Å². The average molecular weight is 499 g/mol. The highest BCUT2D eigenvalue weighted by atomic mass is 35.5. The minimum atomic E-state index is -0.677. The van der Waals surface area contributed by atoms with E-state index in [4.69, 9.17) is 35.3 Å². The maximum absolute atomic E-state index is 12.9. The standard InChI is InChI=1S/C25H23ClN2O7/c1-31-19-8-5-15(6-9-19)24(29)28-27-14-17-11-18(26)7-10-20(17)35-25(30)16-12-21(32-2)23(34-4)22(13-16)33-3/h5-14H,1-4H3,(H,28,29)/b27-14+. The fourth-order valence-electron chi connectivity index (χ4n) is 3.04. The van der Waals surface area contributed by atoms with Crippen LogP contribution in [0.15, 0.2) is 59.7 Å². The highest BCUT2D eigenvalue weighted by molar-refractivity contribution is 6.31. The molecule has 0 aliphatic rings. The number of amides is 1. The fourth-order valence-corrected chi connectivity index (χ4v) is 3.22. The largest absolute Gasteiger partial charge is 0.497 e. The number of rotatable bonds is 9. The van der Waals surface area contributed by atoms with Gasteiger partial charge in [-0.1, -0.05) is 11.6 Å². The zero-order valence-corrected chi connectivity index (χ0v) is 20.2. The van der Waals surface area contributed by atoms with Crippen molar-refractivity contribution in [3.05, 3.63) is 76.3 Å². The molecule has 182 valence electrons. The van der Waals surface area contributed by atoms with Gasteiger partial charge in [0, 0.05) is 16.1 Å². The third kappa shape index (κ3) is 6.21. The number of hydrogen-bond donors (Lipinski definition) is 1. The van der Waals surface area contributed by atoms with Gasteiger partial charge in [-0.05, 0) is 54.6 Å². The zero-order chi connectivity index (χ0) is 25.4. The summed E-state index contributed by atoms with van der Waals surface area (Å²) in [5.74, 6) is 0.651. The molecule has 0 aliphatic heterocycles. The second-order valence-electron chi connectivity index (χ2n) is 6.91. The first kappa shape index (κ1) is 25.4. The van der Waals surface area contributed by atoms with Gasteiger partial charge in [-0.15, -0.1) is 0 Å². The van der Waals surface area contributed by atoms with Crippen molar-refractivity contribution in [2.45, 2.75) is 0 Å². The van der Waals surface area contributed by atoms with Crippen LogP contribution in [0.1, 0.15) is 26.3 Å². The van der Waals surface area contributed by atoms with Crippen molar-refractivity contribution >= 4 is 29.7 Å². The lowest BCUT2D eigenvalue weighted by Crippen LogP contribution is -2.17. The van der Waals surface area contributed by atoms with Gasteiger partial charge in [0.05, 0.1) is 40.2 Å². The lowest BCUT2D eigenvalue weighted by atomic mass is 10.1. The van der Waals surface area contributed by atoms with Crippen LogP contribution in [0, 0.1) is 0 Å². The summed E-state index contributed by atoms with van der Waals surface area (Å²) in [4.78, 5) is 25.2. The zero-order valence-electron chi connectivity index (χ0n) is 19.5. The first-order valence-corrected chi connectivity index (χ1v) is 10.6. The molecule has 0 saturated carbocycles. The molecule has 0 saturated heterocycles. The normalized spacial score (nSPS) is 10.5. The third-order valence-electron chi connectivity index (χ3n) is 4.80. The van der Waals surface area contributed by atoms with Gasteiger partial charge in [0.15, 0.2) is 11.5 Å². The first-order chi connectivity index (χ1) is 16.9. The first-order valence-electron chi connectivity index (χ1n) is 10.2. The predicted octanol–water partition coefficient (Wildman–Crippen LogP) is 4.36. The van der Waals surface area contributed by atoms with Gasteiger partial charge in [-0.2, -0.15) is 5.10 Å². The van der Waals surface area contributed by atoms with Gasteiger partial charge in [-0.3, -0.25) is 4.79 Å². The average Bonchev–Trinajstić information content (AvgIpc) is 2.88. The van der Waals surface area contributed by atoms with Crippen molar-refractivity contribution in [3.8, 4) is 28.7 Å². The van der Waals surface area contributed by atoms with Crippen LogP contribution in [0.3, 0.4) is 0 Å². The van der Waals surface area contributed by atoms with E-state index in [1.165, 1.54) is 52.9 Å². The van der Waals surface area contributed by atoms with E-state index in [2.05, 4.69) is 10.5 Å². The molecule has 3 aromatic rings. The summed E-state index contributed by atoms with van der Waals surface area (Å²) in [6.07, 6.45) is 1.32. The molecule has 0 fully saturated rings. The molecule has 0 atom stereocenters. The number of carbonyl (C=O) groups excluding carboxylic acids is 2. The molecule has 0 spiro atoms. The van der Waals surface area contributed by atoms with Crippen LogP contribution >= 0.6 is 11.6 Å². The van der Waals surface area contributed by atoms with E-state index in [1.54, 1.807) is 36.4 Å². The number of halogens is 1. The summed E-state index contributed by atoms with van der Waals surface area (Å²) in [7, 11) is 5.89. The molecule has 0 heterocycles. The summed E-state index contributed by atoms with van der Waals surface area (Å²) in [5, 5.41) is 4.35. The quantitative estimate of drug-likeness (QED) is 0.202. The number of nitrogens with one attached hydrogen (secondary N) is 1. The van der Waals surface area contributed by atoms with E-state index in [9.17, 15) is 9.59 Å². The molecular formula is C25H23ClN2O7. The van der Waals surface area contributed by atoms with Crippen LogP contribution in [0.5, 0.6) is 28.7 Å². The summed E-state index contributed by atoms with van der Waals surface area (Å²) >= 11 is 6.10. The number of ether oxygens (including phenoxy) is 5. The third-order valence-corrected chi connectivity index (χ3v) is 5.03. The Morgan fingerprint density at radius 3 is 2.03 bits per heavy atom. The number of benzene rings is 3. The fraction of sp³-hybridized carbons (Fsp3) is 0.160. The van der Waals surface area contributed by atoms with Crippen LogP contribution in [0.25, 0.3) is 0 Å². The predicted molar refractivity (Wildman–Crippen MR) is 131 cm³/mol. The summed E-state index contributed by atoms with van der Waals surface area (Å²) in [5.41, 5.74) is 3.35. The van der Waals surface area contributed by atoms with Crippen LogP contribution in [-0.4, -0.2) is 46.5 Å². The Morgan fingerprint density at radius 1 is 0.800 bits per heavy atom. The SMILES string of the molecule is COc1ccc(C(=O)N/N=C/c2cc(Cl)ccc2OC(=O)c2cc(OC)c(OC)c(OC)c2)cc1. The van der Waals surface area contributed by atoms with Crippen LogP contribution in [-0.2, 0) is 0 Å². The van der Waals surface area contributed by atoms with E-state index >= 15 is 0 Å². The van der Waals surface area contributed by atoms with E-state index in [-0.39, 0.29) is 11.3 Å². The lowest BCUT2D eigenvalue weighted by Gasteiger charge is -2.14. The van der Waals surface area contributed by atoms with Gasteiger partial charge in [0.2, 0.25) is 5.75 Å². The minimum absolute atomic E-state index is 0.171. The van der Waals surface area contributed by atoms with Crippen LogP contribution in [0.2, 0.25) is 5.02 Å². The molecular weight excluding hydrogens is 476 g/mol. The van der Waals surface area contributed by atoms with E-state index in [0.29, 0.717) is 39.1 Å². The monoisotopic (exact) mass is 498 g/mol. The minimum Gasteiger partial charge on any atom is -0.497 e. The Labute approximate surface area is 207 Å². The Hall–Kier alpha value is -4.24. The number of nitrogens with zero attached hydrogens (tertiary/aromatic N) is 1. The van der Waals surface area contributed by atoms with E-state index in [0.717, 1.165) is 0 Å². The maximum Gasteiger partial charge on any atom is 0.343 e. The molecule has 35 heavy (non-hydrogen) atoms. The molecule has 0 bridgehead atoms. The molecule has 0 unspecified atom stereocenters. The van der Waals surface area contributed by atoms with Gasteiger partial charge >= 0.3 is 5.97 Å². The summed E-state index contributed by atoms with van der Waals surface area (Å²) < 4.78 is 26.5. The molecule has 3 rings (SSSR count). The Balaban J connectivity index is 1.79. The van der Waals surface area contributed by atoms with Crippen molar-refractivity contribution in [3.63, 3.8) is 0 Å². The van der Waals surface area contributed by atoms with Crippen molar-refractivity contribution in [1.82, 2.24) is 5.43 Å². The van der Waals surface area contributed by atoms with Crippen molar-refractivity contribution in [2.75, 3.05) is 28.4 Å². The Kier molecular flexibility index (Phi) is 8.53. The second-order valence-corrected chi connectivity index (χ2v) is 7.35. The summed E-state index contributed by atoms with van der Waals surface area (Å²) in [6, 6.07) is 14.1. The van der Waals surface area contributed by atoms with Gasteiger partial charge in [0.25, 0.3) is 5.91 Å². The number of methoxy groups -OCH3 is 4. The molecule has 0 aromatic heterocycles. The molecule has 9 nitrogen and oxygen atoms in total. The highest BCUT2D eigenvalue weighted by Gasteiger charge is 2.19. The Morgan fingerprint density at radius 2 is 1.46 bits per heavy atom.